The predicted octanol–water partition coefficient (Wildman–Crippen LogP) is 4.26. The number of aromatic nitrogens is 1. The molecule has 0 saturated carbocycles. The Kier molecular flexibility index (Phi) is 7.42. The number of H-pyrrole nitrogens is 1. The van der Waals surface area contributed by atoms with Crippen LogP contribution in [0.15, 0.2) is 76.5 Å². The molecule has 12 nitrogen and oxygen atoms in total. The summed E-state index contributed by atoms with van der Waals surface area (Å²) in [6.07, 6.45) is 0.621. The number of piperazine rings is 1. The van der Waals surface area contributed by atoms with E-state index >= 15 is 0 Å². The molecule has 0 spiro atoms. The lowest BCUT2D eigenvalue weighted by atomic mass is 10.1. The number of nitrogens with zero attached hydrogens (tertiary/aromatic N) is 4. The highest BCUT2D eigenvalue weighted by molar-refractivity contribution is 6.04. The third-order valence-electron chi connectivity index (χ3n) is 6.61. The first-order valence-corrected chi connectivity index (χ1v) is 12.5. The average molecular weight is 543 g/mol. The SMILES string of the molecule is CN1CCN(c2ccc(N=Cc3c(O)[nH]c(=O)c4ccc(NC(=O)Oc5ccc([N+](=O)[O-])cc5)cc34)cc2)CC1. The van der Waals surface area contributed by atoms with Crippen molar-refractivity contribution >= 4 is 45.8 Å². The zero-order valence-electron chi connectivity index (χ0n) is 21.5. The van der Waals surface area contributed by atoms with E-state index in [1.54, 1.807) is 0 Å². The maximum atomic E-state index is 12.5. The van der Waals surface area contributed by atoms with Crippen LogP contribution in [0.1, 0.15) is 5.56 Å². The molecule has 0 aliphatic carbocycles. The molecule has 1 aromatic heterocycles. The number of nitro benzene ring substituents is 1. The number of likely N-dealkylation sites (N-methyl/N-ethyl adjacent to an activating group) is 1. The normalized spacial score (nSPS) is 14.0. The van der Waals surface area contributed by atoms with E-state index in [1.807, 2.05) is 24.3 Å². The van der Waals surface area contributed by atoms with E-state index in [-0.39, 0.29) is 22.9 Å². The number of carbonyl (C=O) groups excluding carboxylic acids is 1. The van der Waals surface area contributed by atoms with E-state index < -0.39 is 16.6 Å². The van der Waals surface area contributed by atoms with Crippen molar-refractivity contribution in [1.29, 1.82) is 0 Å². The van der Waals surface area contributed by atoms with Crippen LogP contribution in [-0.2, 0) is 0 Å². The fourth-order valence-electron chi connectivity index (χ4n) is 4.38. The third kappa shape index (κ3) is 5.92. The molecule has 0 radical (unpaired) electrons. The Hall–Kier alpha value is -5.23. The summed E-state index contributed by atoms with van der Waals surface area (Å²) in [7, 11) is 2.11. The summed E-state index contributed by atoms with van der Waals surface area (Å²) in [5.41, 5.74) is 1.72. The molecule has 204 valence electrons. The number of benzene rings is 3. The molecule has 0 unspecified atom stereocenters. The van der Waals surface area contributed by atoms with Crippen LogP contribution in [0.5, 0.6) is 11.6 Å². The van der Waals surface area contributed by atoms with Gasteiger partial charge in [-0.25, -0.2) is 4.79 Å². The molecule has 0 atom stereocenters. The van der Waals surface area contributed by atoms with Crippen molar-refractivity contribution in [3.8, 4) is 11.6 Å². The van der Waals surface area contributed by atoms with Gasteiger partial charge in [-0.2, -0.15) is 0 Å². The van der Waals surface area contributed by atoms with Crippen LogP contribution >= 0.6 is 0 Å². The van der Waals surface area contributed by atoms with Crippen LogP contribution in [-0.4, -0.2) is 65.4 Å². The number of aliphatic imine (C=N–C) groups is 1. The number of nitro groups is 1. The molecule has 4 aromatic rings. The molecule has 3 N–H and O–H groups in total. The van der Waals surface area contributed by atoms with Gasteiger partial charge in [0.05, 0.1) is 16.2 Å². The van der Waals surface area contributed by atoms with E-state index in [0.717, 1.165) is 31.9 Å². The quantitative estimate of drug-likeness (QED) is 0.186. The monoisotopic (exact) mass is 542 g/mol. The van der Waals surface area contributed by atoms with Crippen LogP contribution in [0.4, 0.5) is 27.5 Å². The number of non-ortho nitro benzene ring substituents is 1. The largest absolute Gasteiger partial charge is 0.494 e. The van der Waals surface area contributed by atoms with Gasteiger partial charge in [-0.3, -0.25) is 30.2 Å². The summed E-state index contributed by atoms with van der Waals surface area (Å²) >= 11 is 0. The number of hydrogen-bond donors (Lipinski definition) is 3. The van der Waals surface area contributed by atoms with Gasteiger partial charge in [0.15, 0.2) is 0 Å². The van der Waals surface area contributed by atoms with Gasteiger partial charge in [0.2, 0.25) is 5.88 Å². The van der Waals surface area contributed by atoms with Gasteiger partial charge in [0.1, 0.15) is 5.75 Å². The molecule has 1 amide bonds. The first-order chi connectivity index (χ1) is 19.3. The number of aromatic amines is 1. The number of fused-ring (bicyclic) bond motifs is 1. The molecule has 2 heterocycles. The van der Waals surface area contributed by atoms with Gasteiger partial charge in [-0.1, -0.05) is 0 Å². The minimum atomic E-state index is -0.835. The zero-order chi connectivity index (χ0) is 28.2. The molecule has 1 aliphatic heterocycles. The number of anilines is 2. The fourth-order valence-corrected chi connectivity index (χ4v) is 4.38. The Morgan fingerprint density at radius 1 is 1.05 bits per heavy atom. The molecule has 1 aliphatic rings. The molecule has 1 saturated heterocycles. The van der Waals surface area contributed by atoms with E-state index in [2.05, 4.69) is 32.1 Å². The van der Waals surface area contributed by atoms with Crippen molar-refractivity contribution < 1.29 is 19.6 Å². The van der Waals surface area contributed by atoms with Gasteiger partial charge < -0.3 is 19.6 Å². The molecular formula is C28H26N6O6. The van der Waals surface area contributed by atoms with Crippen molar-refractivity contribution in [2.45, 2.75) is 0 Å². The van der Waals surface area contributed by atoms with Gasteiger partial charge in [-0.05, 0) is 61.6 Å². The highest BCUT2D eigenvalue weighted by atomic mass is 16.6. The fraction of sp³-hybridized carbons (Fsp3) is 0.179. The number of rotatable bonds is 6. The third-order valence-corrected chi connectivity index (χ3v) is 6.61. The van der Waals surface area contributed by atoms with E-state index in [1.165, 1.54) is 48.7 Å². The summed E-state index contributed by atoms with van der Waals surface area (Å²) < 4.78 is 5.18. The Labute approximate surface area is 228 Å². The van der Waals surface area contributed by atoms with Crippen molar-refractivity contribution in [2.75, 3.05) is 43.4 Å². The molecule has 3 aromatic carbocycles. The Balaban J connectivity index is 1.35. The summed E-state index contributed by atoms with van der Waals surface area (Å²) in [5.74, 6) is -0.245. The second-order valence-electron chi connectivity index (χ2n) is 9.31. The van der Waals surface area contributed by atoms with Crippen LogP contribution in [0.2, 0.25) is 0 Å². The summed E-state index contributed by atoms with van der Waals surface area (Å²) in [6, 6.07) is 17.4. The maximum absolute atomic E-state index is 12.5. The van der Waals surface area contributed by atoms with Gasteiger partial charge in [0, 0.05) is 66.7 Å². The van der Waals surface area contributed by atoms with Crippen LogP contribution in [0, 0.1) is 10.1 Å². The van der Waals surface area contributed by atoms with Crippen LogP contribution in [0.3, 0.4) is 0 Å². The highest BCUT2D eigenvalue weighted by Crippen LogP contribution is 2.26. The van der Waals surface area contributed by atoms with E-state index in [4.69, 9.17) is 4.74 Å². The maximum Gasteiger partial charge on any atom is 0.417 e. The lowest BCUT2D eigenvalue weighted by Gasteiger charge is -2.34. The second-order valence-corrected chi connectivity index (χ2v) is 9.31. The second kappa shape index (κ2) is 11.3. The molecule has 12 heteroatoms. The molecule has 5 rings (SSSR count). The van der Waals surface area contributed by atoms with Gasteiger partial charge in [-0.15, -0.1) is 0 Å². The standard InChI is InChI=1S/C28H26N6O6/c1-32-12-14-33(15-13-32)20-5-2-18(3-6-20)29-17-25-24-16-19(4-11-23(24)26(35)31-27(25)36)30-28(37)40-22-9-7-21(8-10-22)34(38)39/h2-11,16-17H,12-15H2,1H3,(H,30,37)(H2,31,35,36). The summed E-state index contributed by atoms with van der Waals surface area (Å²) in [6.45, 7) is 3.91. The van der Waals surface area contributed by atoms with Crippen LogP contribution in [0.25, 0.3) is 10.8 Å². The van der Waals surface area contributed by atoms with Gasteiger partial charge in [0.25, 0.3) is 11.2 Å². The number of aromatic hydroxyl groups is 1. The number of ether oxygens (including phenoxy) is 1. The average Bonchev–Trinajstić information content (AvgIpc) is 2.94. The Bertz CT molecular complexity index is 1640. The Morgan fingerprint density at radius 3 is 2.42 bits per heavy atom. The first-order valence-electron chi connectivity index (χ1n) is 12.5. The summed E-state index contributed by atoms with van der Waals surface area (Å²) in [5, 5.41) is 24.5. The Morgan fingerprint density at radius 2 is 1.75 bits per heavy atom. The van der Waals surface area contributed by atoms with Crippen molar-refractivity contribution in [3.63, 3.8) is 0 Å². The lowest BCUT2D eigenvalue weighted by molar-refractivity contribution is -0.384. The molecule has 0 bridgehead atoms. The topological polar surface area (TPSA) is 153 Å². The van der Waals surface area contributed by atoms with Crippen molar-refractivity contribution in [3.05, 3.63) is 92.8 Å². The number of amides is 1. The molecule has 1 fully saturated rings. The minimum Gasteiger partial charge on any atom is -0.494 e. The van der Waals surface area contributed by atoms with E-state index in [0.29, 0.717) is 22.1 Å². The summed E-state index contributed by atoms with van der Waals surface area (Å²) in [4.78, 5) is 46.6. The number of carbonyl (C=O) groups is 1. The van der Waals surface area contributed by atoms with Gasteiger partial charge >= 0.3 is 6.09 Å². The first kappa shape index (κ1) is 26.4. The smallest absolute Gasteiger partial charge is 0.417 e. The predicted molar refractivity (Wildman–Crippen MR) is 152 cm³/mol. The van der Waals surface area contributed by atoms with Crippen LogP contribution < -0.4 is 20.5 Å². The molecule has 40 heavy (non-hydrogen) atoms. The number of hydrogen-bond acceptors (Lipinski definition) is 9. The molecular weight excluding hydrogens is 516 g/mol. The van der Waals surface area contributed by atoms with Crippen molar-refractivity contribution in [1.82, 2.24) is 9.88 Å². The zero-order valence-corrected chi connectivity index (χ0v) is 21.5. The number of nitrogens with one attached hydrogen (secondary N) is 2. The van der Waals surface area contributed by atoms with Crippen molar-refractivity contribution in [2.24, 2.45) is 4.99 Å². The number of pyridine rings is 1. The highest BCUT2D eigenvalue weighted by Gasteiger charge is 2.15. The lowest BCUT2D eigenvalue weighted by Crippen LogP contribution is -2.44. The van der Waals surface area contributed by atoms with E-state index in [9.17, 15) is 24.8 Å². The minimum absolute atomic E-state index is 0.115.